The summed E-state index contributed by atoms with van der Waals surface area (Å²) in [5.41, 5.74) is 0. The smallest absolute Gasteiger partial charge is 0.315 e. The van der Waals surface area contributed by atoms with Gasteiger partial charge in [0.15, 0.2) is 0 Å². The van der Waals surface area contributed by atoms with Crippen molar-refractivity contribution in [2.45, 2.75) is 73.1 Å². The first kappa shape index (κ1) is 20.9. The van der Waals surface area contributed by atoms with Gasteiger partial charge >= 0.3 is 6.03 Å². The van der Waals surface area contributed by atoms with Gasteiger partial charge in [-0.1, -0.05) is 59.8 Å². The Bertz CT molecular complexity index is 318. The molecule has 0 aliphatic carbocycles. The van der Waals surface area contributed by atoms with Crippen molar-refractivity contribution >= 4 is 11.8 Å². The van der Waals surface area contributed by atoms with E-state index in [-0.39, 0.29) is 18.4 Å². The highest BCUT2D eigenvalue weighted by molar-refractivity contribution is 5.83. The fraction of sp³-hybridized carbons (Fsp3) is 0.889. The normalized spacial score (nSPS) is 15.0. The van der Waals surface area contributed by atoms with Gasteiger partial charge in [0, 0.05) is 6.54 Å². The zero-order valence-corrected chi connectivity index (χ0v) is 15.2. The van der Waals surface area contributed by atoms with Crippen LogP contribution < -0.4 is 10.6 Å². The number of ketones is 1. The fourth-order valence-electron chi connectivity index (χ4n) is 2.56. The molecule has 2 amide bonds. The molecule has 0 saturated carbocycles. The predicted molar refractivity (Wildman–Crippen MR) is 93.0 cm³/mol. The van der Waals surface area contributed by atoms with Gasteiger partial charge in [0.25, 0.3) is 0 Å². The standard InChI is InChI=1S/C18H36N2O2/c1-6-7-14(2)8-9-15(3)10-11-16(4)12-19-18(22)20-13-17(5)21/h14-16H,6-13H2,1-5H3,(H2,19,20,22). The molecule has 0 heterocycles. The molecule has 3 unspecified atom stereocenters. The number of carbonyl (C=O) groups is 2. The summed E-state index contributed by atoms with van der Waals surface area (Å²) in [7, 11) is 0. The quantitative estimate of drug-likeness (QED) is 0.569. The minimum Gasteiger partial charge on any atom is -0.338 e. The highest BCUT2D eigenvalue weighted by atomic mass is 16.2. The van der Waals surface area contributed by atoms with Crippen molar-refractivity contribution < 1.29 is 9.59 Å². The van der Waals surface area contributed by atoms with E-state index in [4.69, 9.17) is 0 Å². The van der Waals surface area contributed by atoms with Crippen molar-refractivity contribution in [3.63, 3.8) is 0 Å². The molecule has 0 bridgehead atoms. The molecule has 0 aromatic rings. The van der Waals surface area contributed by atoms with E-state index in [0.717, 1.165) is 18.3 Å². The minimum absolute atomic E-state index is 0.0330. The maximum absolute atomic E-state index is 11.5. The molecule has 0 aliphatic rings. The summed E-state index contributed by atoms with van der Waals surface area (Å²) in [6, 6.07) is -0.247. The second kappa shape index (κ2) is 12.5. The maximum Gasteiger partial charge on any atom is 0.315 e. The number of amides is 2. The van der Waals surface area contributed by atoms with Gasteiger partial charge < -0.3 is 10.6 Å². The van der Waals surface area contributed by atoms with Crippen LogP contribution in [0.2, 0.25) is 0 Å². The molecule has 0 saturated heterocycles. The first-order chi connectivity index (χ1) is 10.3. The number of hydrogen-bond donors (Lipinski definition) is 2. The Morgan fingerprint density at radius 2 is 1.32 bits per heavy atom. The summed E-state index contributed by atoms with van der Waals surface area (Å²) in [6.45, 7) is 11.3. The second-order valence-corrected chi connectivity index (χ2v) is 7.02. The third kappa shape index (κ3) is 12.7. The summed E-state index contributed by atoms with van der Waals surface area (Å²) in [4.78, 5) is 22.2. The van der Waals surface area contributed by atoms with Crippen LogP contribution in [0.1, 0.15) is 73.1 Å². The summed E-state index contributed by atoms with van der Waals surface area (Å²) >= 11 is 0. The molecule has 3 atom stereocenters. The topological polar surface area (TPSA) is 58.2 Å². The molecular weight excluding hydrogens is 276 g/mol. The molecule has 22 heavy (non-hydrogen) atoms. The number of rotatable bonds is 12. The fourth-order valence-corrected chi connectivity index (χ4v) is 2.56. The average Bonchev–Trinajstić information content (AvgIpc) is 2.46. The Kier molecular flexibility index (Phi) is 11.9. The Hall–Kier alpha value is -1.06. The van der Waals surface area contributed by atoms with Crippen LogP contribution in [0.4, 0.5) is 4.79 Å². The Morgan fingerprint density at radius 3 is 1.82 bits per heavy atom. The third-order valence-electron chi connectivity index (χ3n) is 4.19. The summed E-state index contributed by atoms with van der Waals surface area (Å²) in [6.07, 6.45) is 7.61. The Morgan fingerprint density at radius 1 is 0.818 bits per heavy atom. The summed E-state index contributed by atoms with van der Waals surface area (Å²) < 4.78 is 0. The third-order valence-corrected chi connectivity index (χ3v) is 4.19. The zero-order chi connectivity index (χ0) is 17.0. The van der Waals surface area contributed by atoms with Crippen molar-refractivity contribution in [3.05, 3.63) is 0 Å². The molecule has 0 aromatic carbocycles. The van der Waals surface area contributed by atoms with Crippen LogP contribution in [0.15, 0.2) is 0 Å². The maximum atomic E-state index is 11.5. The SMILES string of the molecule is CCCC(C)CCC(C)CCC(C)CNC(=O)NCC(C)=O. The van der Waals surface area contributed by atoms with Crippen molar-refractivity contribution in [3.8, 4) is 0 Å². The van der Waals surface area contributed by atoms with Gasteiger partial charge in [0.05, 0.1) is 6.54 Å². The molecule has 0 rings (SSSR count). The van der Waals surface area contributed by atoms with Crippen molar-refractivity contribution in [2.24, 2.45) is 17.8 Å². The van der Waals surface area contributed by atoms with Crippen LogP contribution in [0.5, 0.6) is 0 Å². The van der Waals surface area contributed by atoms with Gasteiger partial charge in [-0.3, -0.25) is 4.79 Å². The van der Waals surface area contributed by atoms with E-state index in [0.29, 0.717) is 12.5 Å². The molecule has 4 nitrogen and oxygen atoms in total. The van der Waals surface area contributed by atoms with Gasteiger partial charge in [-0.25, -0.2) is 4.79 Å². The zero-order valence-electron chi connectivity index (χ0n) is 15.2. The lowest BCUT2D eigenvalue weighted by atomic mass is 9.90. The van der Waals surface area contributed by atoms with E-state index >= 15 is 0 Å². The van der Waals surface area contributed by atoms with Crippen molar-refractivity contribution in [1.29, 1.82) is 0 Å². The van der Waals surface area contributed by atoms with E-state index in [1.807, 2.05) is 0 Å². The number of carbonyl (C=O) groups excluding carboxylic acids is 2. The average molecular weight is 312 g/mol. The van der Waals surface area contributed by atoms with Gasteiger partial charge in [0.2, 0.25) is 0 Å². The lowest BCUT2D eigenvalue weighted by molar-refractivity contribution is -0.116. The minimum atomic E-state index is -0.247. The summed E-state index contributed by atoms with van der Waals surface area (Å²) in [5, 5.41) is 5.37. The molecule has 0 fully saturated rings. The van der Waals surface area contributed by atoms with Crippen molar-refractivity contribution in [1.82, 2.24) is 10.6 Å². The van der Waals surface area contributed by atoms with Crippen LogP contribution in [-0.2, 0) is 4.79 Å². The van der Waals surface area contributed by atoms with Crippen LogP contribution in [0.3, 0.4) is 0 Å². The Labute approximate surface area is 136 Å². The molecule has 0 spiro atoms. The van der Waals surface area contributed by atoms with Crippen LogP contribution in [-0.4, -0.2) is 24.9 Å². The van der Waals surface area contributed by atoms with E-state index < -0.39 is 0 Å². The lowest BCUT2D eigenvalue weighted by Crippen LogP contribution is -2.39. The lowest BCUT2D eigenvalue weighted by Gasteiger charge is -2.18. The van der Waals surface area contributed by atoms with E-state index in [1.165, 1.54) is 39.0 Å². The number of Topliss-reactive ketones (excluding diaryl/α,β-unsaturated/α-hetero) is 1. The van der Waals surface area contributed by atoms with Gasteiger partial charge in [0.1, 0.15) is 5.78 Å². The molecule has 0 radical (unpaired) electrons. The Balaban J connectivity index is 3.68. The van der Waals surface area contributed by atoms with Gasteiger partial charge in [-0.05, 0) is 31.1 Å². The number of nitrogens with one attached hydrogen (secondary N) is 2. The number of urea groups is 1. The van der Waals surface area contributed by atoms with E-state index in [9.17, 15) is 9.59 Å². The monoisotopic (exact) mass is 312 g/mol. The predicted octanol–water partition coefficient (Wildman–Crippen LogP) is 4.14. The van der Waals surface area contributed by atoms with Gasteiger partial charge in [-0.2, -0.15) is 0 Å². The second-order valence-electron chi connectivity index (χ2n) is 7.02. The molecule has 0 aliphatic heterocycles. The van der Waals surface area contributed by atoms with Crippen LogP contribution >= 0.6 is 0 Å². The highest BCUT2D eigenvalue weighted by Gasteiger charge is 2.10. The number of hydrogen-bond acceptors (Lipinski definition) is 2. The van der Waals surface area contributed by atoms with Crippen LogP contribution in [0.25, 0.3) is 0 Å². The van der Waals surface area contributed by atoms with Gasteiger partial charge in [-0.15, -0.1) is 0 Å². The largest absolute Gasteiger partial charge is 0.338 e. The first-order valence-corrected chi connectivity index (χ1v) is 8.86. The molecule has 130 valence electrons. The van der Waals surface area contributed by atoms with E-state index in [1.54, 1.807) is 0 Å². The van der Waals surface area contributed by atoms with Crippen LogP contribution in [0, 0.1) is 17.8 Å². The molecular formula is C18H36N2O2. The van der Waals surface area contributed by atoms with E-state index in [2.05, 4.69) is 38.3 Å². The first-order valence-electron chi connectivity index (χ1n) is 8.86. The summed E-state index contributed by atoms with van der Waals surface area (Å²) in [5.74, 6) is 2.04. The van der Waals surface area contributed by atoms with Crippen molar-refractivity contribution in [2.75, 3.05) is 13.1 Å². The molecule has 4 heteroatoms. The molecule has 2 N–H and O–H groups in total. The molecule has 0 aromatic heterocycles. The highest BCUT2D eigenvalue weighted by Crippen LogP contribution is 2.21.